The van der Waals surface area contributed by atoms with E-state index in [0.717, 1.165) is 5.56 Å². The molecule has 6 nitrogen and oxygen atoms in total. The second kappa shape index (κ2) is 8.42. The molecule has 0 aromatic heterocycles. The molecule has 1 aromatic rings. The molecule has 0 bridgehead atoms. The van der Waals surface area contributed by atoms with Gasteiger partial charge in [-0.15, -0.1) is 0 Å². The number of sulfonamides is 1. The second-order valence-electron chi connectivity index (χ2n) is 6.43. The molecule has 0 saturated heterocycles. The summed E-state index contributed by atoms with van der Waals surface area (Å²) in [6, 6.07) is 6.54. The van der Waals surface area contributed by atoms with Crippen LogP contribution in [0, 0.1) is 0 Å². The third-order valence-electron chi connectivity index (χ3n) is 2.97. The van der Waals surface area contributed by atoms with E-state index in [0.29, 0.717) is 25.8 Å². The molecule has 0 fully saturated rings. The van der Waals surface area contributed by atoms with Crippen LogP contribution in [0.25, 0.3) is 0 Å². The third kappa shape index (κ3) is 7.58. The van der Waals surface area contributed by atoms with E-state index >= 15 is 0 Å². The largest absolute Gasteiger partial charge is 0.396 e. The lowest BCUT2D eigenvalue weighted by molar-refractivity contribution is -0.121. The van der Waals surface area contributed by atoms with Gasteiger partial charge in [0.1, 0.15) is 0 Å². The molecule has 130 valence electrons. The molecule has 3 N–H and O–H groups in total. The molecule has 0 radical (unpaired) electrons. The van der Waals surface area contributed by atoms with E-state index in [1.807, 2.05) is 0 Å². The van der Waals surface area contributed by atoms with Crippen molar-refractivity contribution in [2.75, 3.05) is 13.2 Å². The summed E-state index contributed by atoms with van der Waals surface area (Å²) in [5.74, 6) is -0.0791. The minimum Gasteiger partial charge on any atom is -0.396 e. The molecule has 1 aromatic carbocycles. The lowest BCUT2D eigenvalue weighted by Gasteiger charge is -2.20. The summed E-state index contributed by atoms with van der Waals surface area (Å²) in [7, 11) is -3.53. The standard InChI is InChI=1S/C16H26N2O4S/c1-16(2,3)18-23(21,22)14-8-5-13(6-9-14)7-10-15(20)17-11-4-12-19/h5-6,8-9,18-19H,4,7,10-12H2,1-3H3,(H,17,20). The molecule has 0 aliphatic rings. The Labute approximate surface area is 138 Å². The average Bonchev–Trinajstić information content (AvgIpc) is 2.43. The maximum absolute atomic E-state index is 12.2. The quantitative estimate of drug-likeness (QED) is 0.619. The maximum Gasteiger partial charge on any atom is 0.241 e. The van der Waals surface area contributed by atoms with Crippen LogP contribution in [0.4, 0.5) is 0 Å². The fourth-order valence-electron chi connectivity index (χ4n) is 1.95. The summed E-state index contributed by atoms with van der Waals surface area (Å²) in [6.45, 7) is 5.88. The Morgan fingerprint density at radius 1 is 1.17 bits per heavy atom. The number of hydrogen-bond donors (Lipinski definition) is 3. The molecule has 1 rings (SSSR count). The molecule has 0 aliphatic heterocycles. The minimum absolute atomic E-state index is 0.0544. The fourth-order valence-corrected chi connectivity index (χ4v) is 3.37. The van der Waals surface area contributed by atoms with Gasteiger partial charge in [-0.25, -0.2) is 13.1 Å². The number of carbonyl (C=O) groups excluding carboxylic acids is 1. The van der Waals surface area contributed by atoms with Gasteiger partial charge in [-0.1, -0.05) is 12.1 Å². The molecular weight excluding hydrogens is 316 g/mol. The van der Waals surface area contributed by atoms with Crippen molar-refractivity contribution in [3.05, 3.63) is 29.8 Å². The first-order valence-electron chi connectivity index (χ1n) is 7.64. The van der Waals surface area contributed by atoms with Gasteiger partial charge < -0.3 is 10.4 Å². The Hall–Kier alpha value is -1.44. The maximum atomic E-state index is 12.2. The highest BCUT2D eigenvalue weighted by molar-refractivity contribution is 7.89. The molecule has 1 amide bonds. The SMILES string of the molecule is CC(C)(C)NS(=O)(=O)c1ccc(CCC(=O)NCCCO)cc1. The molecular formula is C16H26N2O4S. The van der Waals surface area contributed by atoms with Crippen LogP contribution in [0.15, 0.2) is 29.2 Å². The van der Waals surface area contributed by atoms with Crippen molar-refractivity contribution in [2.24, 2.45) is 0 Å². The van der Waals surface area contributed by atoms with Crippen molar-refractivity contribution in [3.63, 3.8) is 0 Å². The van der Waals surface area contributed by atoms with Crippen LogP contribution in [0.2, 0.25) is 0 Å². The number of carbonyl (C=O) groups is 1. The Morgan fingerprint density at radius 2 is 1.78 bits per heavy atom. The molecule has 0 aliphatic carbocycles. The molecule has 0 spiro atoms. The van der Waals surface area contributed by atoms with E-state index in [1.54, 1.807) is 45.0 Å². The van der Waals surface area contributed by atoms with Crippen LogP contribution in [-0.4, -0.2) is 38.1 Å². The van der Waals surface area contributed by atoms with Gasteiger partial charge in [0.05, 0.1) is 4.90 Å². The van der Waals surface area contributed by atoms with Crippen molar-refractivity contribution in [3.8, 4) is 0 Å². The van der Waals surface area contributed by atoms with Gasteiger partial charge >= 0.3 is 0 Å². The summed E-state index contributed by atoms with van der Waals surface area (Å²) in [5.41, 5.74) is 0.362. The zero-order chi connectivity index (χ0) is 17.5. The summed E-state index contributed by atoms with van der Waals surface area (Å²) in [4.78, 5) is 11.8. The summed E-state index contributed by atoms with van der Waals surface area (Å²) >= 11 is 0. The molecule has 0 saturated carbocycles. The number of hydrogen-bond acceptors (Lipinski definition) is 4. The number of nitrogens with one attached hydrogen (secondary N) is 2. The van der Waals surface area contributed by atoms with E-state index in [9.17, 15) is 13.2 Å². The van der Waals surface area contributed by atoms with Gasteiger partial charge in [-0.05, 0) is 51.3 Å². The number of amides is 1. The van der Waals surface area contributed by atoms with Gasteiger partial charge in [0.15, 0.2) is 0 Å². The highest BCUT2D eigenvalue weighted by atomic mass is 32.2. The normalized spacial score (nSPS) is 12.2. The number of aliphatic hydroxyl groups is 1. The van der Waals surface area contributed by atoms with Crippen molar-refractivity contribution < 1.29 is 18.3 Å². The number of aliphatic hydroxyl groups excluding tert-OH is 1. The van der Waals surface area contributed by atoms with Crippen LogP contribution in [0.3, 0.4) is 0 Å². The van der Waals surface area contributed by atoms with Gasteiger partial charge in [0, 0.05) is 25.1 Å². The van der Waals surface area contributed by atoms with Crippen LogP contribution in [0.5, 0.6) is 0 Å². The minimum atomic E-state index is -3.53. The highest BCUT2D eigenvalue weighted by Crippen LogP contribution is 2.14. The topological polar surface area (TPSA) is 95.5 Å². The Kier molecular flexibility index (Phi) is 7.18. The summed E-state index contributed by atoms with van der Waals surface area (Å²) in [5, 5.41) is 11.4. The first-order chi connectivity index (χ1) is 10.6. The lowest BCUT2D eigenvalue weighted by Crippen LogP contribution is -2.40. The van der Waals surface area contributed by atoms with Crippen LogP contribution in [0.1, 0.15) is 39.2 Å². The van der Waals surface area contributed by atoms with Crippen molar-refractivity contribution in [2.45, 2.75) is 50.5 Å². The van der Waals surface area contributed by atoms with E-state index < -0.39 is 15.6 Å². The molecule has 0 heterocycles. The average molecular weight is 342 g/mol. The molecule has 0 atom stereocenters. The monoisotopic (exact) mass is 342 g/mol. The highest BCUT2D eigenvalue weighted by Gasteiger charge is 2.21. The third-order valence-corrected chi connectivity index (χ3v) is 4.75. The first kappa shape index (κ1) is 19.6. The molecule has 23 heavy (non-hydrogen) atoms. The van der Waals surface area contributed by atoms with Gasteiger partial charge in [0.2, 0.25) is 15.9 Å². The van der Waals surface area contributed by atoms with Crippen LogP contribution >= 0.6 is 0 Å². The lowest BCUT2D eigenvalue weighted by atomic mass is 10.1. The number of aryl methyl sites for hydroxylation is 1. The van der Waals surface area contributed by atoms with Gasteiger partial charge in [0.25, 0.3) is 0 Å². The Bertz CT molecular complexity index is 604. The van der Waals surface area contributed by atoms with Crippen LogP contribution < -0.4 is 10.0 Å². The van der Waals surface area contributed by atoms with Crippen LogP contribution in [-0.2, 0) is 21.2 Å². The van der Waals surface area contributed by atoms with Gasteiger partial charge in [-0.2, -0.15) is 0 Å². The molecule has 0 unspecified atom stereocenters. The van der Waals surface area contributed by atoms with Crippen molar-refractivity contribution >= 4 is 15.9 Å². The van der Waals surface area contributed by atoms with E-state index in [1.165, 1.54) is 0 Å². The van der Waals surface area contributed by atoms with Gasteiger partial charge in [-0.3, -0.25) is 4.79 Å². The zero-order valence-electron chi connectivity index (χ0n) is 13.9. The Morgan fingerprint density at radius 3 is 2.30 bits per heavy atom. The zero-order valence-corrected chi connectivity index (χ0v) is 14.7. The number of rotatable bonds is 8. The van der Waals surface area contributed by atoms with E-state index in [4.69, 9.17) is 5.11 Å². The van der Waals surface area contributed by atoms with Crippen molar-refractivity contribution in [1.29, 1.82) is 0 Å². The fraction of sp³-hybridized carbons (Fsp3) is 0.562. The predicted molar refractivity (Wildman–Crippen MR) is 89.6 cm³/mol. The summed E-state index contributed by atoms with van der Waals surface area (Å²) < 4.78 is 27.0. The smallest absolute Gasteiger partial charge is 0.241 e. The van der Waals surface area contributed by atoms with E-state index in [2.05, 4.69) is 10.0 Å². The Balaban J connectivity index is 2.58. The molecule has 7 heteroatoms. The number of benzene rings is 1. The van der Waals surface area contributed by atoms with Crippen molar-refractivity contribution in [1.82, 2.24) is 10.0 Å². The first-order valence-corrected chi connectivity index (χ1v) is 9.13. The predicted octanol–water partition coefficient (Wildman–Crippen LogP) is 1.19. The summed E-state index contributed by atoms with van der Waals surface area (Å²) in [6.07, 6.45) is 1.41. The van der Waals surface area contributed by atoms with E-state index in [-0.39, 0.29) is 17.4 Å². The second-order valence-corrected chi connectivity index (χ2v) is 8.11.